The Morgan fingerprint density at radius 1 is 1.29 bits per heavy atom. The fraction of sp³-hybridized carbons (Fsp3) is 0.438. The topological polar surface area (TPSA) is 59.0 Å². The number of carbonyl (C=O) groups is 1. The van der Waals surface area contributed by atoms with Crippen LogP contribution in [0.15, 0.2) is 24.3 Å². The Morgan fingerprint density at radius 2 is 2.00 bits per heavy atom. The van der Waals surface area contributed by atoms with E-state index in [4.69, 9.17) is 9.47 Å². The van der Waals surface area contributed by atoms with Gasteiger partial charge in [-0.05, 0) is 37.1 Å². The maximum atomic E-state index is 12.1. The lowest BCUT2D eigenvalue weighted by atomic mass is 10.1. The van der Waals surface area contributed by atoms with Gasteiger partial charge in [0.2, 0.25) is 5.91 Å². The quantitative estimate of drug-likeness (QED) is 0.858. The highest BCUT2D eigenvalue weighted by Crippen LogP contribution is 2.25. The minimum Gasteiger partial charge on any atom is -0.497 e. The number of likely N-dealkylation sites (tertiary alicyclic amines) is 1. The molecule has 114 valence electrons. The van der Waals surface area contributed by atoms with Crippen LogP contribution in [0.4, 0.5) is 0 Å². The number of carbonyl (C=O) groups excluding carboxylic acids is 1. The van der Waals surface area contributed by atoms with Crippen molar-refractivity contribution < 1.29 is 19.4 Å². The van der Waals surface area contributed by atoms with Gasteiger partial charge in [0, 0.05) is 24.7 Å². The average Bonchev–Trinajstić information content (AvgIpc) is 2.52. The Morgan fingerprint density at radius 3 is 2.62 bits per heavy atom. The lowest BCUT2D eigenvalue weighted by molar-refractivity contribution is -0.127. The number of piperidine rings is 1. The van der Waals surface area contributed by atoms with Gasteiger partial charge in [0.05, 0.1) is 20.3 Å². The normalized spacial score (nSPS) is 16.2. The number of aliphatic hydroxyl groups excluding tert-OH is 1. The molecule has 0 unspecified atom stereocenters. The molecule has 5 nitrogen and oxygen atoms in total. The van der Waals surface area contributed by atoms with Crippen molar-refractivity contribution >= 4 is 12.0 Å². The molecule has 5 heteroatoms. The first-order chi connectivity index (χ1) is 10.1. The van der Waals surface area contributed by atoms with Crippen LogP contribution in [0.5, 0.6) is 11.5 Å². The Kier molecular flexibility index (Phi) is 5.22. The number of rotatable bonds is 4. The molecule has 1 fully saturated rings. The number of methoxy groups -OCH3 is 2. The second kappa shape index (κ2) is 7.13. The number of ether oxygens (including phenoxy) is 2. The van der Waals surface area contributed by atoms with Crippen LogP contribution in [-0.2, 0) is 4.79 Å². The molecule has 1 amide bonds. The van der Waals surface area contributed by atoms with Crippen molar-refractivity contribution in [1.29, 1.82) is 0 Å². The highest BCUT2D eigenvalue weighted by Gasteiger charge is 2.19. The Hall–Kier alpha value is -2.01. The zero-order valence-corrected chi connectivity index (χ0v) is 12.4. The summed E-state index contributed by atoms with van der Waals surface area (Å²) in [6, 6.07) is 5.44. The number of hydrogen-bond acceptors (Lipinski definition) is 4. The van der Waals surface area contributed by atoms with Gasteiger partial charge in [-0.2, -0.15) is 0 Å². The van der Waals surface area contributed by atoms with Crippen LogP contribution in [0.25, 0.3) is 6.08 Å². The van der Waals surface area contributed by atoms with Gasteiger partial charge in [-0.1, -0.05) is 0 Å². The van der Waals surface area contributed by atoms with E-state index >= 15 is 0 Å². The van der Waals surface area contributed by atoms with Crippen LogP contribution in [0.1, 0.15) is 18.4 Å². The SMILES string of the molecule is COc1ccc(OC)c(/C=C/C(=O)N2CCC(O)CC2)c1. The van der Waals surface area contributed by atoms with Gasteiger partial charge in [0.15, 0.2) is 0 Å². The number of amides is 1. The molecule has 0 saturated carbocycles. The van der Waals surface area contributed by atoms with Gasteiger partial charge in [-0.15, -0.1) is 0 Å². The van der Waals surface area contributed by atoms with E-state index < -0.39 is 0 Å². The van der Waals surface area contributed by atoms with E-state index in [-0.39, 0.29) is 12.0 Å². The number of hydrogen-bond donors (Lipinski definition) is 1. The van der Waals surface area contributed by atoms with Crippen molar-refractivity contribution in [2.45, 2.75) is 18.9 Å². The van der Waals surface area contributed by atoms with E-state index in [1.54, 1.807) is 31.3 Å². The lowest BCUT2D eigenvalue weighted by Crippen LogP contribution is -2.39. The average molecular weight is 291 g/mol. The summed E-state index contributed by atoms with van der Waals surface area (Å²) in [6.45, 7) is 1.19. The molecule has 1 saturated heterocycles. The lowest BCUT2D eigenvalue weighted by Gasteiger charge is -2.28. The van der Waals surface area contributed by atoms with Crippen molar-refractivity contribution in [2.24, 2.45) is 0 Å². The van der Waals surface area contributed by atoms with Crippen LogP contribution >= 0.6 is 0 Å². The molecule has 0 spiro atoms. The van der Waals surface area contributed by atoms with Gasteiger partial charge in [0.1, 0.15) is 11.5 Å². The second-order valence-electron chi connectivity index (χ2n) is 5.00. The summed E-state index contributed by atoms with van der Waals surface area (Å²) in [5, 5.41) is 9.46. The Labute approximate surface area is 124 Å². The van der Waals surface area contributed by atoms with Crippen LogP contribution in [0, 0.1) is 0 Å². The molecule has 21 heavy (non-hydrogen) atoms. The van der Waals surface area contributed by atoms with Gasteiger partial charge >= 0.3 is 0 Å². The van der Waals surface area contributed by atoms with E-state index in [1.165, 1.54) is 6.08 Å². The maximum absolute atomic E-state index is 12.1. The molecule has 1 heterocycles. The number of benzene rings is 1. The van der Waals surface area contributed by atoms with Crippen molar-refractivity contribution in [2.75, 3.05) is 27.3 Å². The zero-order valence-electron chi connectivity index (χ0n) is 12.4. The summed E-state index contributed by atoms with van der Waals surface area (Å²) in [4.78, 5) is 13.9. The highest BCUT2D eigenvalue weighted by atomic mass is 16.5. The smallest absolute Gasteiger partial charge is 0.246 e. The van der Waals surface area contributed by atoms with Gasteiger partial charge < -0.3 is 19.5 Å². The minimum absolute atomic E-state index is 0.0493. The first kappa shape index (κ1) is 15.4. The molecule has 0 aliphatic carbocycles. The van der Waals surface area contributed by atoms with Crippen LogP contribution in [0.2, 0.25) is 0 Å². The molecule has 0 radical (unpaired) electrons. The molecule has 0 bridgehead atoms. The fourth-order valence-electron chi connectivity index (χ4n) is 2.32. The van der Waals surface area contributed by atoms with Crippen molar-refractivity contribution in [3.63, 3.8) is 0 Å². The number of nitrogens with zero attached hydrogens (tertiary/aromatic N) is 1. The first-order valence-electron chi connectivity index (χ1n) is 7.01. The Bertz CT molecular complexity index is 519. The minimum atomic E-state index is -0.281. The molecule has 1 aromatic rings. The molecule has 2 rings (SSSR count). The van der Waals surface area contributed by atoms with E-state index in [2.05, 4.69) is 0 Å². The molecule has 1 aliphatic heterocycles. The third-order valence-corrected chi connectivity index (χ3v) is 3.62. The largest absolute Gasteiger partial charge is 0.497 e. The molecular weight excluding hydrogens is 270 g/mol. The van der Waals surface area contributed by atoms with Crippen LogP contribution in [-0.4, -0.2) is 49.3 Å². The van der Waals surface area contributed by atoms with E-state index in [0.717, 1.165) is 5.56 Å². The number of aliphatic hydroxyl groups is 1. The first-order valence-corrected chi connectivity index (χ1v) is 7.01. The third-order valence-electron chi connectivity index (χ3n) is 3.62. The fourth-order valence-corrected chi connectivity index (χ4v) is 2.32. The molecule has 1 N–H and O–H groups in total. The second-order valence-corrected chi connectivity index (χ2v) is 5.00. The predicted octanol–water partition coefficient (Wildman–Crippen LogP) is 1.70. The molecular formula is C16H21NO4. The van der Waals surface area contributed by atoms with Crippen molar-refractivity contribution in [3.05, 3.63) is 29.8 Å². The third kappa shape index (κ3) is 3.98. The van der Waals surface area contributed by atoms with Gasteiger partial charge in [0.25, 0.3) is 0 Å². The Balaban J connectivity index is 2.07. The van der Waals surface area contributed by atoms with E-state index in [1.807, 2.05) is 12.1 Å². The maximum Gasteiger partial charge on any atom is 0.246 e. The summed E-state index contributed by atoms with van der Waals surface area (Å²) >= 11 is 0. The molecule has 0 aromatic heterocycles. The molecule has 1 aliphatic rings. The van der Waals surface area contributed by atoms with Crippen molar-refractivity contribution in [3.8, 4) is 11.5 Å². The molecule has 0 atom stereocenters. The molecule has 1 aromatic carbocycles. The van der Waals surface area contributed by atoms with Gasteiger partial charge in [-0.3, -0.25) is 4.79 Å². The summed E-state index contributed by atoms with van der Waals surface area (Å²) in [6.07, 6.45) is 4.27. The van der Waals surface area contributed by atoms with Crippen LogP contribution in [0.3, 0.4) is 0 Å². The monoisotopic (exact) mass is 291 g/mol. The standard InChI is InChI=1S/C16H21NO4/c1-20-14-4-5-15(21-2)12(11-14)3-6-16(19)17-9-7-13(18)8-10-17/h3-6,11,13,18H,7-10H2,1-2H3/b6-3+. The summed E-state index contributed by atoms with van der Waals surface area (Å²) in [5.74, 6) is 1.35. The van der Waals surface area contributed by atoms with E-state index in [9.17, 15) is 9.90 Å². The highest BCUT2D eigenvalue weighted by molar-refractivity contribution is 5.92. The van der Waals surface area contributed by atoms with E-state index in [0.29, 0.717) is 37.4 Å². The summed E-state index contributed by atoms with van der Waals surface area (Å²) in [7, 11) is 3.19. The zero-order chi connectivity index (χ0) is 15.2. The van der Waals surface area contributed by atoms with Crippen LogP contribution < -0.4 is 9.47 Å². The van der Waals surface area contributed by atoms with Crippen molar-refractivity contribution in [1.82, 2.24) is 4.90 Å². The summed E-state index contributed by atoms with van der Waals surface area (Å²) in [5.41, 5.74) is 0.794. The summed E-state index contributed by atoms with van der Waals surface area (Å²) < 4.78 is 10.4. The van der Waals surface area contributed by atoms with Gasteiger partial charge in [-0.25, -0.2) is 0 Å². The predicted molar refractivity (Wildman–Crippen MR) is 80.4 cm³/mol.